The molecule has 23 heavy (non-hydrogen) atoms. The van der Waals surface area contributed by atoms with E-state index in [0.717, 1.165) is 24.5 Å². The SMILES string of the molecule is CS(=O)(=O)c1cc([N+](=O)[O-])c(Oc2cccc(C(F)(F)F)c2)s1. The molecule has 0 atom stereocenters. The summed E-state index contributed by atoms with van der Waals surface area (Å²) in [6, 6.07) is 4.55. The first kappa shape index (κ1) is 17.2. The van der Waals surface area contributed by atoms with Crippen LogP contribution in [0.25, 0.3) is 0 Å². The normalized spacial score (nSPS) is 12.2. The predicted octanol–water partition coefficient (Wildman–Crippen LogP) is 3.87. The highest BCUT2D eigenvalue weighted by Gasteiger charge is 2.31. The highest BCUT2D eigenvalue weighted by molar-refractivity contribution is 7.92. The van der Waals surface area contributed by atoms with E-state index in [0.29, 0.717) is 17.4 Å². The quantitative estimate of drug-likeness (QED) is 0.605. The Morgan fingerprint density at radius 1 is 1.26 bits per heavy atom. The number of thiophene rings is 1. The van der Waals surface area contributed by atoms with Crippen molar-refractivity contribution in [3.8, 4) is 10.8 Å². The minimum Gasteiger partial charge on any atom is -0.440 e. The van der Waals surface area contributed by atoms with E-state index in [1.54, 1.807) is 0 Å². The third-order valence-corrected chi connectivity index (χ3v) is 5.39. The largest absolute Gasteiger partial charge is 0.440 e. The van der Waals surface area contributed by atoms with E-state index in [-0.39, 0.29) is 9.96 Å². The number of alkyl halides is 3. The number of halogens is 3. The van der Waals surface area contributed by atoms with Crippen molar-refractivity contribution in [1.29, 1.82) is 0 Å². The average molecular weight is 367 g/mol. The van der Waals surface area contributed by atoms with Gasteiger partial charge < -0.3 is 4.74 Å². The summed E-state index contributed by atoms with van der Waals surface area (Å²) in [5.74, 6) is -0.287. The fourth-order valence-electron chi connectivity index (χ4n) is 1.57. The molecule has 1 aromatic carbocycles. The fraction of sp³-hybridized carbons (Fsp3) is 0.167. The molecule has 0 spiro atoms. The minimum atomic E-state index is -4.60. The summed E-state index contributed by atoms with van der Waals surface area (Å²) < 4.78 is 65.6. The van der Waals surface area contributed by atoms with Crippen molar-refractivity contribution < 1.29 is 31.2 Å². The van der Waals surface area contributed by atoms with Crippen LogP contribution in [0.15, 0.2) is 34.5 Å². The molecule has 0 aliphatic carbocycles. The summed E-state index contributed by atoms with van der Waals surface area (Å²) in [7, 11) is -3.71. The smallest absolute Gasteiger partial charge is 0.416 e. The van der Waals surface area contributed by atoms with Crippen molar-refractivity contribution in [3.05, 3.63) is 46.0 Å². The fourth-order valence-corrected chi connectivity index (χ4v) is 3.46. The van der Waals surface area contributed by atoms with Gasteiger partial charge in [0.2, 0.25) is 0 Å². The van der Waals surface area contributed by atoms with Crippen LogP contribution in [0.1, 0.15) is 5.56 Å². The van der Waals surface area contributed by atoms with E-state index in [1.165, 1.54) is 6.07 Å². The van der Waals surface area contributed by atoms with E-state index in [9.17, 15) is 31.7 Å². The maximum atomic E-state index is 12.6. The molecule has 0 saturated carbocycles. The van der Waals surface area contributed by atoms with Crippen LogP contribution in [0.5, 0.6) is 10.8 Å². The molecule has 0 aliphatic heterocycles. The van der Waals surface area contributed by atoms with Gasteiger partial charge in [0.1, 0.15) is 9.96 Å². The molecule has 0 unspecified atom stereocenters. The van der Waals surface area contributed by atoms with Gasteiger partial charge in [-0.15, -0.1) is 0 Å². The van der Waals surface area contributed by atoms with Crippen molar-refractivity contribution in [2.24, 2.45) is 0 Å². The van der Waals surface area contributed by atoms with Gasteiger partial charge in [-0.3, -0.25) is 10.1 Å². The molecule has 2 rings (SSSR count). The lowest BCUT2D eigenvalue weighted by Gasteiger charge is -2.08. The number of nitrogens with zero attached hydrogens (tertiary/aromatic N) is 1. The standard InChI is InChI=1S/C12H8F3NO5S2/c1-23(19,20)10-6-9(16(17)18)11(22-10)21-8-4-2-3-7(5-8)12(13,14)15/h2-6H,1H3. The van der Waals surface area contributed by atoms with Crippen LogP contribution in [0.4, 0.5) is 18.9 Å². The van der Waals surface area contributed by atoms with Crippen LogP contribution in [0, 0.1) is 10.1 Å². The molecule has 1 aromatic heterocycles. The summed E-state index contributed by atoms with van der Waals surface area (Å²) in [4.78, 5) is 10.1. The lowest BCUT2D eigenvalue weighted by Crippen LogP contribution is -2.04. The lowest BCUT2D eigenvalue weighted by molar-refractivity contribution is -0.385. The molecular formula is C12H8F3NO5S2. The number of rotatable bonds is 4. The Hall–Kier alpha value is -2.14. The molecule has 0 saturated heterocycles. The van der Waals surface area contributed by atoms with E-state index in [1.807, 2.05) is 0 Å². The lowest BCUT2D eigenvalue weighted by atomic mass is 10.2. The van der Waals surface area contributed by atoms with Gasteiger partial charge in [-0.2, -0.15) is 13.2 Å². The van der Waals surface area contributed by atoms with Crippen molar-refractivity contribution in [2.75, 3.05) is 6.26 Å². The number of hydrogen-bond acceptors (Lipinski definition) is 6. The van der Waals surface area contributed by atoms with Crippen molar-refractivity contribution in [3.63, 3.8) is 0 Å². The Labute approximate surface area is 132 Å². The predicted molar refractivity (Wildman–Crippen MR) is 75.6 cm³/mol. The molecule has 0 N–H and O–H groups in total. The van der Waals surface area contributed by atoms with Gasteiger partial charge in [-0.25, -0.2) is 8.42 Å². The zero-order chi connectivity index (χ0) is 17.4. The number of sulfone groups is 1. The molecule has 6 nitrogen and oxygen atoms in total. The molecule has 124 valence electrons. The van der Waals surface area contributed by atoms with E-state index in [4.69, 9.17) is 4.74 Å². The molecule has 0 aliphatic rings. The second-order valence-corrected chi connectivity index (χ2v) is 7.65. The minimum absolute atomic E-state index is 0.287. The van der Waals surface area contributed by atoms with Crippen LogP contribution in [-0.2, 0) is 16.0 Å². The molecule has 1 heterocycles. The third kappa shape index (κ3) is 3.99. The average Bonchev–Trinajstić information content (AvgIpc) is 2.82. The molecule has 0 bridgehead atoms. The van der Waals surface area contributed by atoms with Crippen LogP contribution < -0.4 is 4.74 Å². The molecular weight excluding hydrogens is 359 g/mol. The Bertz CT molecular complexity index is 858. The highest BCUT2D eigenvalue weighted by Crippen LogP contribution is 2.42. The first-order valence-corrected chi connectivity index (χ1v) is 8.52. The molecule has 0 radical (unpaired) electrons. The summed E-state index contributed by atoms with van der Waals surface area (Å²) >= 11 is 0.470. The second kappa shape index (κ2) is 5.81. The van der Waals surface area contributed by atoms with Gasteiger partial charge in [0.05, 0.1) is 10.5 Å². The Kier molecular flexibility index (Phi) is 4.35. The van der Waals surface area contributed by atoms with Gasteiger partial charge in [0.25, 0.3) is 5.06 Å². The third-order valence-electron chi connectivity index (χ3n) is 2.59. The zero-order valence-electron chi connectivity index (χ0n) is 11.3. The first-order valence-electron chi connectivity index (χ1n) is 5.82. The number of benzene rings is 1. The van der Waals surface area contributed by atoms with Crippen molar-refractivity contribution in [1.82, 2.24) is 0 Å². The van der Waals surface area contributed by atoms with Gasteiger partial charge >= 0.3 is 11.9 Å². The van der Waals surface area contributed by atoms with Crippen LogP contribution >= 0.6 is 11.3 Å². The molecule has 11 heteroatoms. The summed E-state index contributed by atoms with van der Waals surface area (Å²) in [5.41, 5.74) is -1.62. The Morgan fingerprint density at radius 3 is 2.43 bits per heavy atom. The van der Waals surface area contributed by atoms with Gasteiger partial charge in [-0.1, -0.05) is 17.4 Å². The maximum absolute atomic E-state index is 12.6. The zero-order valence-corrected chi connectivity index (χ0v) is 13.0. The van der Waals surface area contributed by atoms with Crippen molar-refractivity contribution >= 4 is 26.9 Å². The first-order chi connectivity index (χ1) is 10.5. The van der Waals surface area contributed by atoms with E-state index >= 15 is 0 Å². The Balaban J connectivity index is 2.44. The topological polar surface area (TPSA) is 86.5 Å². The van der Waals surface area contributed by atoms with Crippen LogP contribution in [0.2, 0.25) is 0 Å². The van der Waals surface area contributed by atoms with E-state index < -0.39 is 37.3 Å². The molecule has 0 amide bonds. The monoisotopic (exact) mass is 367 g/mol. The highest BCUT2D eigenvalue weighted by atomic mass is 32.2. The van der Waals surface area contributed by atoms with E-state index in [2.05, 4.69) is 0 Å². The number of nitro groups is 1. The summed E-state index contributed by atoms with van der Waals surface area (Å²) in [6.45, 7) is 0. The molecule has 0 fully saturated rings. The summed E-state index contributed by atoms with van der Waals surface area (Å²) in [6.07, 6.45) is -3.74. The van der Waals surface area contributed by atoms with Gasteiger partial charge in [0.15, 0.2) is 9.84 Å². The molecule has 2 aromatic rings. The number of hydrogen-bond donors (Lipinski definition) is 0. The maximum Gasteiger partial charge on any atom is 0.416 e. The second-order valence-electron chi connectivity index (χ2n) is 4.40. The van der Waals surface area contributed by atoms with Gasteiger partial charge in [-0.05, 0) is 18.2 Å². The van der Waals surface area contributed by atoms with Crippen molar-refractivity contribution in [2.45, 2.75) is 10.4 Å². The number of ether oxygens (including phenoxy) is 1. The van der Waals surface area contributed by atoms with Crippen LogP contribution in [-0.4, -0.2) is 19.6 Å². The Morgan fingerprint density at radius 2 is 1.91 bits per heavy atom. The van der Waals surface area contributed by atoms with Crippen LogP contribution in [0.3, 0.4) is 0 Å². The summed E-state index contributed by atoms with van der Waals surface area (Å²) in [5, 5.41) is 10.5. The van der Waals surface area contributed by atoms with Gasteiger partial charge in [0, 0.05) is 12.3 Å².